The van der Waals surface area contributed by atoms with Gasteiger partial charge < -0.3 is 5.32 Å². The molecule has 0 aliphatic heterocycles. The van der Waals surface area contributed by atoms with E-state index in [1.54, 1.807) is 0 Å². The van der Waals surface area contributed by atoms with Crippen molar-refractivity contribution in [3.63, 3.8) is 0 Å². The SMILES string of the molecule is CCCCNc1ccc2ccccc2n1. The first-order valence-corrected chi connectivity index (χ1v) is 5.50. The highest BCUT2D eigenvalue weighted by molar-refractivity contribution is 5.79. The van der Waals surface area contributed by atoms with Gasteiger partial charge in [-0.1, -0.05) is 31.5 Å². The van der Waals surface area contributed by atoms with Crippen molar-refractivity contribution in [2.24, 2.45) is 0 Å². The van der Waals surface area contributed by atoms with E-state index >= 15 is 0 Å². The molecule has 0 fully saturated rings. The molecule has 78 valence electrons. The van der Waals surface area contributed by atoms with Crippen LogP contribution in [0.3, 0.4) is 0 Å². The van der Waals surface area contributed by atoms with E-state index in [2.05, 4.69) is 29.4 Å². The number of nitrogens with one attached hydrogen (secondary N) is 1. The molecular formula is C13H16N2. The molecule has 1 heterocycles. The summed E-state index contributed by atoms with van der Waals surface area (Å²) in [7, 11) is 0. The third kappa shape index (κ3) is 2.46. The molecule has 0 atom stereocenters. The van der Waals surface area contributed by atoms with Gasteiger partial charge in [0.1, 0.15) is 5.82 Å². The predicted molar refractivity (Wildman–Crippen MR) is 65.1 cm³/mol. The summed E-state index contributed by atoms with van der Waals surface area (Å²) in [5.74, 6) is 0.974. The summed E-state index contributed by atoms with van der Waals surface area (Å²) in [6.07, 6.45) is 2.40. The number of pyridine rings is 1. The molecule has 0 saturated carbocycles. The van der Waals surface area contributed by atoms with Gasteiger partial charge in [-0.2, -0.15) is 0 Å². The Balaban J connectivity index is 2.16. The standard InChI is InChI=1S/C13H16N2/c1-2-3-10-14-13-9-8-11-6-4-5-7-12(11)15-13/h4-9H,2-3,10H2,1H3,(H,14,15). The van der Waals surface area contributed by atoms with Gasteiger partial charge >= 0.3 is 0 Å². The van der Waals surface area contributed by atoms with Crippen LogP contribution in [-0.2, 0) is 0 Å². The summed E-state index contributed by atoms with van der Waals surface area (Å²) >= 11 is 0. The van der Waals surface area contributed by atoms with Crippen LogP contribution in [0.25, 0.3) is 10.9 Å². The molecule has 0 radical (unpaired) electrons. The fourth-order valence-corrected chi connectivity index (χ4v) is 1.56. The first-order valence-electron chi connectivity index (χ1n) is 5.50. The molecule has 1 N–H and O–H groups in total. The van der Waals surface area contributed by atoms with E-state index in [0.717, 1.165) is 17.9 Å². The molecule has 2 nitrogen and oxygen atoms in total. The average molecular weight is 200 g/mol. The van der Waals surface area contributed by atoms with Crippen LogP contribution in [-0.4, -0.2) is 11.5 Å². The van der Waals surface area contributed by atoms with Crippen molar-refractivity contribution in [3.8, 4) is 0 Å². The van der Waals surface area contributed by atoms with Crippen molar-refractivity contribution in [1.29, 1.82) is 0 Å². The Labute approximate surface area is 90.3 Å². The van der Waals surface area contributed by atoms with Crippen LogP contribution in [0.5, 0.6) is 0 Å². The third-order valence-electron chi connectivity index (χ3n) is 2.43. The lowest BCUT2D eigenvalue weighted by Gasteiger charge is -2.05. The first kappa shape index (κ1) is 9.97. The van der Waals surface area contributed by atoms with Gasteiger partial charge in [0.15, 0.2) is 0 Å². The second kappa shape index (κ2) is 4.78. The molecule has 2 rings (SSSR count). The molecular weight excluding hydrogens is 184 g/mol. The zero-order valence-corrected chi connectivity index (χ0v) is 9.03. The number of aromatic nitrogens is 1. The minimum atomic E-state index is 0.974. The first-order chi connectivity index (χ1) is 7.40. The molecule has 2 heteroatoms. The van der Waals surface area contributed by atoms with Crippen LogP contribution in [0, 0.1) is 0 Å². The lowest BCUT2D eigenvalue weighted by Crippen LogP contribution is -2.02. The number of anilines is 1. The largest absolute Gasteiger partial charge is 0.370 e. The van der Waals surface area contributed by atoms with Crippen LogP contribution < -0.4 is 5.32 Å². The molecule has 0 aliphatic carbocycles. The molecule has 15 heavy (non-hydrogen) atoms. The molecule has 1 aromatic carbocycles. The van der Waals surface area contributed by atoms with Crippen LogP contribution >= 0.6 is 0 Å². The minimum Gasteiger partial charge on any atom is -0.370 e. The van der Waals surface area contributed by atoms with E-state index in [1.165, 1.54) is 18.2 Å². The normalized spacial score (nSPS) is 10.5. The van der Waals surface area contributed by atoms with Crippen molar-refractivity contribution in [2.75, 3.05) is 11.9 Å². The molecule has 0 amide bonds. The van der Waals surface area contributed by atoms with Gasteiger partial charge in [-0.15, -0.1) is 0 Å². The molecule has 0 spiro atoms. The molecule has 0 bridgehead atoms. The summed E-state index contributed by atoms with van der Waals surface area (Å²) in [4.78, 5) is 4.54. The third-order valence-corrected chi connectivity index (χ3v) is 2.43. The van der Waals surface area contributed by atoms with E-state index in [-0.39, 0.29) is 0 Å². The average Bonchev–Trinajstić information content (AvgIpc) is 2.29. The number of rotatable bonds is 4. The molecule has 0 unspecified atom stereocenters. The quantitative estimate of drug-likeness (QED) is 0.765. The van der Waals surface area contributed by atoms with Crippen LogP contribution in [0.2, 0.25) is 0 Å². The highest BCUT2D eigenvalue weighted by atomic mass is 15.0. The van der Waals surface area contributed by atoms with E-state index < -0.39 is 0 Å². The lowest BCUT2D eigenvalue weighted by molar-refractivity contribution is 0.831. The second-order valence-corrected chi connectivity index (χ2v) is 3.67. The van der Waals surface area contributed by atoms with Crippen molar-refractivity contribution in [2.45, 2.75) is 19.8 Å². The smallest absolute Gasteiger partial charge is 0.126 e. The summed E-state index contributed by atoms with van der Waals surface area (Å²) in [5.41, 5.74) is 1.05. The molecule has 0 saturated heterocycles. The van der Waals surface area contributed by atoms with Gasteiger partial charge in [0, 0.05) is 11.9 Å². The summed E-state index contributed by atoms with van der Waals surface area (Å²) in [5, 5.41) is 4.52. The van der Waals surface area contributed by atoms with Crippen molar-refractivity contribution in [1.82, 2.24) is 4.98 Å². The van der Waals surface area contributed by atoms with E-state index in [9.17, 15) is 0 Å². The maximum atomic E-state index is 4.54. The summed E-state index contributed by atoms with van der Waals surface area (Å²) < 4.78 is 0. The number of hydrogen-bond donors (Lipinski definition) is 1. The van der Waals surface area contributed by atoms with Crippen LogP contribution in [0.4, 0.5) is 5.82 Å². The molecule has 0 aliphatic rings. The molecule has 2 aromatic rings. The van der Waals surface area contributed by atoms with E-state index in [4.69, 9.17) is 0 Å². The maximum absolute atomic E-state index is 4.54. The number of unbranched alkanes of at least 4 members (excludes halogenated alkanes) is 1. The summed E-state index contributed by atoms with van der Waals surface area (Å²) in [6.45, 7) is 3.19. The van der Waals surface area contributed by atoms with Gasteiger partial charge in [0.25, 0.3) is 0 Å². The van der Waals surface area contributed by atoms with Crippen LogP contribution in [0.1, 0.15) is 19.8 Å². The summed E-state index contributed by atoms with van der Waals surface area (Å²) in [6, 6.07) is 12.3. The number of para-hydroxylation sites is 1. The lowest BCUT2D eigenvalue weighted by atomic mass is 10.2. The van der Waals surface area contributed by atoms with E-state index in [0.29, 0.717) is 0 Å². The number of hydrogen-bond acceptors (Lipinski definition) is 2. The topological polar surface area (TPSA) is 24.9 Å². The van der Waals surface area contributed by atoms with E-state index in [1.807, 2.05) is 24.3 Å². The zero-order valence-electron chi connectivity index (χ0n) is 9.03. The van der Waals surface area contributed by atoms with Crippen LogP contribution in [0.15, 0.2) is 36.4 Å². The fourth-order valence-electron chi connectivity index (χ4n) is 1.56. The van der Waals surface area contributed by atoms with Crippen molar-refractivity contribution >= 4 is 16.7 Å². The number of nitrogens with zero attached hydrogens (tertiary/aromatic N) is 1. The predicted octanol–water partition coefficient (Wildman–Crippen LogP) is 3.45. The van der Waals surface area contributed by atoms with Gasteiger partial charge in [-0.25, -0.2) is 4.98 Å². The van der Waals surface area contributed by atoms with Gasteiger partial charge in [0.2, 0.25) is 0 Å². The van der Waals surface area contributed by atoms with Gasteiger partial charge in [-0.3, -0.25) is 0 Å². The Morgan fingerprint density at radius 3 is 2.87 bits per heavy atom. The second-order valence-electron chi connectivity index (χ2n) is 3.67. The van der Waals surface area contributed by atoms with Crippen molar-refractivity contribution < 1.29 is 0 Å². The highest BCUT2D eigenvalue weighted by Crippen LogP contribution is 2.14. The monoisotopic (exact) mass is 200 g/mol. The Morgan fingerprint density at radius 1 is 1.13 bits per heavy atom. The minimum absolute atomic E-state index is 0.974. The van der Waals surface area contributed by atoms with Gasteiger partial charge in [-0.05, 0) is 24.6 Å². The number of fused-ring (bicyclic) bond motifs is 1. The zero-order chi connectivity index (χ0) is 10.5. The Bertz CT molecular complexity index is 437. The Morgan fingerprint density at radius 2 is 2.00 bits per heavy atom. The Hall–Kier alpha value is -1.57. The maximum Gasteiger partial charge on any atom is 0.126 e. The van der Waals surface area contributed by atoms with Crippen molar-refractivity contribution in [3.05, 3.63) is 36.4 Å². The molecule has 1 aromatic heterocycles. The van der Waals surface area contributed by atoms with Gasteiger partial charge in [0.05, 0.1) is 5.52 Å². The highest BCUT2D eigenvalue weighted by Gasteiger charge is 1.95. The fraction of sp³-hybridized carbons (Fsp3) is 0.308. The Kier molecular flexibility index (Phi) is 3.18. The number of benzene rings is 1.